The molecule has 0 aliphatic carbocycles. The number of imidazole rings is 1. The summed E-state index contributed by atoms with van der Waals surface area (Å²) in [6, 6.07) is 4.78. The third kappa shape index (κ3) is 4.69. The lowest BCUT2D eigenvalue weighted by Gasteiger charge is -2.20. The number of aromatic amines is 2. The lowest BCUT2D eigenvalue weighted by molar-refractivity contribution is -0.128. The smallest absolute Gasteiger partial charge is 0.323 e. The number of aromatic nitrogens is 2. The second kappa shape index (κ2) is 7.78. The zero-order valence-electron chi connectivity index (χ0n) is 13.8. The molecule has 6 N–H and O–H groups in total. The molecule has 0 unspecified atom stereocenters. The minimum absolute atomic E-state index is 0.153. The molecule has 0 aliphatic heterocycles. The third-order valence-corrected chi connectivity index (χ3v) is 3.59. The van der Waals surface area contributed by atoms with Crippen LogP contribution in [0.3, 0.4) is 0 Å². The van der Waals surface area contributed by atoms with Crippen molar-refractivity contribution in [1.82, 2.24) is 20.6 Å². The van der Waals surface area contributed by atoms with Crippen molar-refractivity contribution < 1.29 is 9.59 Å². The van der Waals surface area contributed by atoms with E-state index >= 15 is 0 Å². The van der Waals surface area contributed by atoms with Gasteiger partial charge in [-0.05, 0) is 30.0 Å². The summed E-state index contributed by atoms with van der Waals surface area (Å²) < 4.78 is 0. The van der Waals surface area contributed by atoms with E-state index in [1.807, 2.05) is 19.9 Å². The molecule has 8 heteroatoms. The minimum atomic E-state index is -0.614. The van der Waals surface area contributed by atoms with Crippen molar-refractivity contribution in [3.8, 4) is 0 Å². The predicted octanol–water partition coefficient (Wildman–Crippen LogP) is -0.0380. The van der Waals surface area contributed by atoms with Crippen molar-refractivity contribution in [2.75, 3.05) is 6.54 Å². The first-order chi connectivity index (χ1) is 11.4. The lowest BCUT2D eigenvalue weighted by atomic mass is 10.0. The number of rotatable bonds is 7. The fraction of sp³-hybridized carbons (Fsp3) is 0.438. The van der Waals surface area contributed by atoms with E-state index < -0.39 is 6.04 Å². The summed E-state index contributed by atoms with van der Waals surface area (Å²) >= 11 is 0. The van der Waals surface area contributed by atoms with Crippen LogP contribution >= 0.6 is 0 Å². The Kier molecular flexibility index (Phi) is 5.75. The Morgan fingerprint density at radius 1 is 1.21 bits per heavy atom. The summed E-state index contributed by atoms with van der Waals surface area (Å²) in [5.74, 6) is -0.365. The van der Waals surface area contributed by atoms with Crippen LogP contribution in [0, 0.1) is 5.92 Å². The van der Waals surface area contributed by atoms with Crippen LogP contribution in [0.15, 0.2) is 23.0 Å². The Morgan fingerprint density at radius 3 is 2.58 bits per heavy atom. The number of fused-ring (bicyclic) bond motifs is 1. The van der Waals surface area contributed by atoms with Crippen molar-refractivity contribution in [3.05, 3.63) is 34.2 Å². The van der Waals surface area contributed by atoms with Gasteiger partial charge in [-0.3, -0.25) is 9.59 Å². The Balaban J connectivity index is 2.01. The van der Waals surface area contributed by atoms with E-state index in [2.05, 4.69) is 20.6 Å². The zero-order valence-corrected chi connectivity index (χ0v) is 13.8. The summed E-state index contributed by atoms with van der Waals surface area (Å²) in [5, 5.41) is 5.45. The molecule has 1 aromatic carbocycles. The maximum absolute atomic E-state index is 12.3. The summed E-state index contributed by atoms with van der Waals surface area (Å²) in [6.07, 6.45) is 0.530. The minimum Gasteiger partial charge on any atom is -0.350 e. The maximum atomic E-state index is 12.3. The Bertz CT molecular complexity index is 777. The van der Waals surface area contributed by atoms with Gasteiger partial charge in [-0.25, -0.2) is 4.79 Å². The van der Waals surface area contributed by atoms with E-state index in [4.69, 9.17) is 5.73 Å². The molecule has 0 saturated carbocycles. The number of carbonyl (C=O) groups is 2. The molecule has 24 heavy (non-hydrogen) atoms. The predicted molar refractivity (Wildman–Crippen MR) is 91.2 cm³/mol. The average Bonchev–Trinajstić information content (AvgIpc) is 2.90. The Morgan fingerprint density at radius 2 is 1.92 bits per heavy atom. The highest BCUT2D eigenvalue weighted by molar-refractivity contribution is 5.88. The third-order valence-electron chi connectivity index (χ3n) is 3.59. The largest absolute Gasteiger partial charge is 0.350 e. The van der Waals surface area contributed by atoms with Crippen LogP contribution in [0.5, 0.6) is 0 Å². The summed E-state index contributed by atoms with van der Waals surface area (Å²) in [6.45, 7) is 4.10. The van der Waals surface area contributed by atoms with Gasteiger partial charge in [-0.1, -0.05) is 19.9 Å². The van der Waals surface area contributed by atoms with Gasteiger partial charge in [0.25, 0.3) is 0 Å². The van der Waals surface area contributed by atoms with Gasteiger partial charge in [0.2, 0.25) is 11.8 Å². The van der Waals surface area contributed by atoms with Crippen molar-refractivity contribution >= 4 is 22.8 Å². The van der Waals surface area contributed by atoms with E-state index in [0.29, 0.717) is 24.0 Å². The lowest BCUT2D eigenvalue weighted by Crippen LogP contribution is -2.48. The standard InChI is InChI=1S/C16H23N5O3/c1-9(2)5-13(19-14(22)7-17)15(23)18-8-10-3-4-11-12(6-10)21-16(24)20-11/h3-4,6,9,13H,5,7-8,17H2,1-2H3,(H,18,23)(H,19,22)(H2,20,21,24)/t13-/m0/s1. The van der Waals surface area contributed by atoms with E-state index in [1.54, 1.807) is 12.1 Å². The van der Waals surface area contributed by atoms with Gasteiger partial charge < -0.3 is 26.3 Å². The summed E-state index contributed by atoms with van der Waals surface area (Å²) in [4.78, 5) is 40.4. The van der Waals surface area contributed by atoms with Crippen molar-refractivity contribution in [3.63, 3.8) is 0 Å². The molecule has 1 atom stereocenters. The molecule has 8 nitrogen and oxygen atoms in total. The van der Waals surface area contributed by atoms with Crippen LogP contribution in [-0.4, -0.2) is 34.4 Å². The van der Waals surface area contributed by atoms with Gasteiger partial charge in [0, 0.05) is 6.54 Å². The quantitative estimate of drug-likeness (QED) is 0.486. The van der Waals surface area contributed by atoms with Crippen LogP contribution < -0.4 is 22.1 Å². The van der Waals surface area contributed by atoms with E-state index in [1.165, 1.54) is 0 Å². The van der Waals surface area contributed by atoms with Crippen molar-refractivity contribution in [1.29, 1.82) is 0 Å². The molecule has 2 amide bonds. The molecular formula is C16H23N5O3. The maximum Gasteiger partial charge on any atom is 0.323 e. The van der Waals surface area contributed by atoms with Crippen molar-refractivity contribution in [2.45, 2.75) is 32.9 Å². The molecule has 0 aliphatic rings. The normalized spacial score (nSPS) is 12.3. The molecule has 2 rings (SSSR count). The number of nitrogens with two attached hydrogens (primary N) is 1. The second-order valence-corrected chi connectivity index (χ2v) is 6.13. The summed E-state index contributed by atoms with van der Waals surface area (Å²) in [7, 11) is 0. The molecule has 0 saturated heterocycles. The number of H-pyrrole nitrogens is 2. The molecule has 0 fully saturated rings. The second-order valence-electron chi connectivity index (χ2n) is 6.13. The highest BCUT2D eigenvalue weighted by Gasteiger charge is 2.21. The van der Waals surface area contributed by atoms with Crippen LogP contribution in [-0.2, 0) is 16.1 Å². The van der Waals surface area contributed by atoms with Gasteiger partial charge in [0.1, 0.15) is 6.04 Å². The van der Waals surface area contributed by atoms with Crippen LogP contribution in [0.2, 0.25) is 0 Å². The molecule has 2 aromatic rings. The highest BCUT2D eigenvalue weighted by Crippen LogP contribution is 2.10. The fourth-order valence-corrected chi connectivity index (χ4v) is 2.46. The average molecular weight is 333 g/mol. The van der Waals surface area contributed by atoms with Crippen LogP contribution in [0.25, 0.3) is 11.0 Å². The first kappa shape index (κ1) is 17.7. The molecule has 1 aromatic heterocycles. The van der Waals surface area contributed by atoms with E-state index in [0.717, 1.165) is 5.56 Å². The Hall–Kier alpha value is -2.61. The van der Waals surface area contributed by atoms with E-state index in [-0.39, 0.29) is 30.0 Å². The first-order valence-electron chi connectivity index (χ1n) is 7.87. The first-order valence-corrected chi connectivity index (χ1v) is 7.87. The number of hydrogen-bond acceptors (Lipinski definition) is 4. The van der Waals surface area contributed by atoms with Crippen LogP contribution in [0.4, 0.5) is 0 Å². The fourth-order valence-electron chi connectivity index (χ4n) is 2.46. The molecule has 0 bridgehead atoms. The number of carbonyl (C=O) groups excluding carboxylic acids is 2. The number of hydrogen-bond donors (Lipinski definition) is 5. The van der Waals surface area contributed by atoms with Gasteiger partial charge in [-0.15, -0.1) is 0 Å². The molecule has 1 heterocycles. The molecule has 130 valence electrons. The number of benzene rings is 1. The van der Waals surface area contributed by atoms with Gasteiger partial charge in [0.05, 0.1) is 17.6 Å². The molecular weight excluding hydrogens is 310 g/mol. The topological polar surface area (TPSA) is 133 Å². The number of amides is 2. The number of nitrogens with one attached hydrogen (secondary N) is 4. The molecule has 0 spiro atoms. The monoisotopic (exact) mass is 333 g/mol. The van der Waals surface area contributed by atoms with Crippen molar-refractivity contribution in [2.24, 2.45) is 11.7 Å². The van der Waals surface area contributed by atoms with Gasteiger partial charge >= 0.3 is 5.69 Å². The van der Waals surface area contributed by atoms with Gasteiger partial charge in [0.15, 0.2) is 0 Å². The van der Waals surface area contributed by atoms with E-state index in [9.17, 15) is 14.4 Å². The van der Waals surface area contributed by atoms with Crippen LogP contribution in [0.1, 0.15) is 25.8 Å². The zero-order chi connectivity index (χ0) is 17.7. The van der Waals surface area contributed by atoms with Gasteiger partial charge in [-0.2, -0.15) is 0 Å². The SMILES string of the molecule is CC(C)C[C@H](NC(=O)CN)C(=O)NCc1ccc2[nH]c(=O)[nH]c2c1. The molecule has 0 radical (unpaired) electrons. The Labute approximate surface area is 139 Å². The summed E-state index contributed by atoms with van der Waals surface area (Å²) in [5.41, 5.74) is 7.26. The highest BCUT2D eigenvalue weighted by atomic mass is 16.2.